The zero-order valence-electron chi connectivity index (χ0n) is 26.8. The molecule has 2 amide bonds. The Hall–Kier alpha value is -4.33. The first-order valence-electron chi connectivity index (χ1n) is 16.9. The Balaban J connectivity index is 1.32. The second kappa shape index (κ2) is 12.7. The van der Waals surface area contributed by atoms with Crippen molar-refractivity contribution in [1.82, 2.24) is 4.90 Å². The second-order valence-electron chi connectivity index (χ2n) is 14.4. The maximum absolute atomic E-state index is 15.2. The van der Waals surface area contributed by atoms with Gasteiger partial charge in [0.05, 0.1) is 12.2 Å². The quantitative estimate of drug-likeness (QED) is 0.264. The largest absolute Gasteiger partial charge is 0.459 e. The molecule has 8 heteroatoms. The molecule has 7 nitrogen and oxygen atoms in total. The number of ketones is 1. The molecular formula is C39H41FN2O5. The number of fused-ring (bicyclic) bond motifs is 1. The van der Waals surface area contributed by atoms with Crippen molar-refractivity contribution in [3.8, 4) is 0 Å². The van der Waals surface area contributed by atoms with Crippen LogP contribution in [0.2, 0.25) is 0 Å². The lowest BCUT2D eigenvalue weighted by atomic mass is 9.48. The van der Waals surface area contributed by atoms with E-state index in [0.717, 1.165) is 24.8 Å². The highest BCUT2D eigenvalue weighted by Gasteiger charge is 2.54. The van der Waals surface area contributed by atoms with Gasteiger partial charge in [-0.05, 0) is 104 Å². The summed E-state index contributed by atoms with van der Waals surface area (Å²) in [5.74, 6) is -0.405. The lowest BCUT2D eigenvalue weighted by molar-refractivity contribution is -0.161. The smallest absolute Gasteiger partial charge is 0.329 e. The molecule has 0 saturated heterocycles. The molecule has 4 aliphatic carbocycles. The average Bonchev–Trinajstić information content (AvgIpc) is 3.08. The van der Waals surface area contributed by atoms with E-state index in [0.29, 0.717) is 41.0 Å². The minimum atomic E-state index is -1.27. The van der Waals surface area contributed by atoms with E-state index in [4.69, 9.17) is 4.74 Å². The fourth-order valence-electron chi connectivity index (χ4n) is 9.50. The van der Waals surface area contributed by atoms with Crippen LogP contribution in [0.1, 0.15) is 79.8 Å². The molecule has 3 aromatic carbocycles. The van der Waals surface area contributed by atoms with E-state index in [-0.39, 0.29) is 42.5 Å². The summed E-state index contributed by atoms with van der Waals surface area (Å²) in [6.07, 6.45) is 6.80. The molecule has 8 rings (SSSR count). The predicted octanol–water partition coefficient (Wildman–Crippen LogP) is 6.88. The van der Waals surface area contributed by atoms with Gasteiger partial charge in [-0.3, -0.25) is 14.4 Å². The van der Waals surface area contributed by atoms with E-state index >= 15 is 4.79 Å². The Morgan fingerprint density at radius 3 is 2.09 bits per heavy atom. The molecule has 3 aromatic rings. The molecule has 0 aromatic heterocycles. The minimum Gasteiger partial charge on any atom is -0.459 e. The summed E-state index contributed by atoms with van der Waals surface area (Å²) in [4.78, 5) is 60.0. The van der Waals surface area contributed by atoms with Gasteiger partial charge in [0.1, 0.15) is 24.5 Å². The van der Waals surface area contributed by atoms with Crippen LogP contribution in [-0.4, -0.2) is 40.6 Å². The highest BCUT2D eigenvalue weighted by Crippen LogP contribution is 2.62. The summed E-state index contributed by atoms with van der Waals surface area (Å²) in [7, 11) is 0. The first kappa shape index (κ1) is 31.3. The topological polar surface area (TPSA) is 84.0 Å². The minimum absolute atomic E-state index is 0.0169. The summed E-state index contributed by atoms with van der Waals surface area (Å²) >= 11 is 0. The van der Waals surface area contributed by atoms with Crippen LogP contribution in [0.15, 0.2) is 78.9 Å². The standard InChI is InChI=1S/C39H41FN2O5/c1-25(43)42-34(38(46)47-24-27-7-3-2-4-8-27)18-36(44)32-9-5-6-10-33(32)41(23-26-11-13-31(40)14-12-26)37(45)35(42)22-39-19-28-15-29(20-39)17-30(16-28)21-39/h2-14,28-30,34-35H,15-24H2,1H3/t28?,29?,30?,34-,35+,39?/m0/s1. The van der Waals surface area contributed by atoms with Gasteiger partial charge in [0, 0.05) is 18.9 Å². The summed E-state index contributed by atoms with van der Waals surface area (Å²) in [6.45, 7) is 1.43. The van der Waals surface area contributed by atoms with Crippen molar-refractivity contribution in [3.05, 3.63) is 101 Å². The Morgan fingerprint density at radius 1 is 0.830 bits per heavy atom. The van der Waals surface area contributed by atoms with Crippen LogP contribution in [0.4, 0.5) is 10.1 Å². The molecule has 2 atom stereocenters. The lowest BCUT2D eigenvalue weighted by Crippen LogP contribution is -2.59. The fourth-order valence-corrected chi connectivity index (χ4v) is 9.50. The maximum atomic E-state index is 15.2. The van der Waals surface area contributed by atoms with Gasteiger partial charge < -0.3 is 14.5 Å². The normalized spacial score (nSPS) is 28.3. The average molecular weight is 637 g/mol. The van der Waals surface area contributed by atoms with E-state index in [9.17, 15) is 18.8 Å². The SMILES string of the molecule is CC(=O)N1[C@H](CC23CC4CC(CC(C4)C2)C3)C(=O)N(Cc2ccc(F)cc2)c2ccccc2C(=O)C[C@H]1C(=O)OCc1ccccc1. The van der Waals surface area contributed by atoms with Gasteiger partial charge >= 0.3 is 5.97 Å². The molecule has 0 N–H and O–H groups in total. The number of para-hydroxylation sites is 1. The van der Waals surface area contributed by atoms with Gasteiger partial charge in [-0.25, -0.2) is 9.18 Å². The molecule has 0 spiro atoms. The summed E-state index contributed by atoms with van der Waals surface area (Å²) < 4.78 is 19.7. The van der Waals surface area contributed by atoms with Gasteiger partial charge in [-0.2, -0.15) is 0 Å². The van der Waals surface area contributed by atoms with Crippen LogP contribution in [0.3, 0.4) is 0 Å². The molecular weight excluding hydrogens is 595 g/mol. The zero-order chi connectivity index (χ0) is 32.7. The van der Waals surface area contributed by atoms with Crippen molar-refractivity contribution in [3.63, 3.8) is 0 Å². The molecule has 47 heavy (non-hydrogen) atoms. The number of hydrogen-bond donors (Lipinski definition) is 0. The predicted molar refractivity (Wildman–Crippen MR) is 175 cm³/mol. The number of carbonyl (C=O) groups excluding carboxylic acids is 4. The van der Waals surface area contributed by atoms with Gasteiger partial charge in [-0.15, -0.1) is 0 Å². The van der Waals surface area contributed by atoms with Crippen LogP contribution < -0.4 is 4.90 Å². The van der Waals surface area contributed by atoms with E-state index < -0.39 is 24.0 Å². The number of amides is 2. The molecule has 5 aliphatic rings. The fraction of sp³-hybridized carbons (Fsp3) is 0.436. The Bertz CT molecular complexity index is 1640. The molecule has 4 saturated carbocycles. The molecule has 1 heterocycles. The van der Waals surface area contributed by atoms with E-state index in [2.05, 4.69) is 0 Å². The molecule has 4 bridgehead atoms. The van der Waals surface area contributed by atoms with Gasteiger partial charge in [0.15, 0.2) is 5.78 Å². The van der Waals surface area contributed by atoms with E-state index in [1.165, 1.54) is 43.2 Å². The molecule has 4 fully saturated rings. The van der Waals surface area contributed by atoms with Crippen LogP contribution in [-0.2, 0) is 32.3 Å². The number of Topliss-reactive ketones (excluding diaryl/α,β-unsaturated/α-hetero) is 1. The summed E-state index contributed by atoms with van der Waals surface area (Å²) in [5, 5.41) is 0. The van der Waals surface area contributed by atoms with Crippen molar-refractivity contribution in [2.45, 2.75) is 83.5 Å². The number of hydrogen-bond acceptors (Lipinski definition) is 5. The van der Waals surface area contributed by atoms with Gasteiger partial charge in [0.25, 0.3) is 0 Å². The number of nitrogens with zero attached hydrogens (tertiary/aromatic N) is 2. The van der Waals surface area contributed by atoms with Crippen LogP contribution in [0.5, 0.6) is 0 Å². The van der Waals surface area contributed by atoms with Gasteiger partial charge in [-0.1, -0.05) is 54.6 Å². The van der Waals surface area contributed by atoms with E-state index in [1.54, 1.807) is 41.3 Å². The van der Waals surface area contributed by atoms with Crippen molar-refractivity contribution in [2.24, 2.45) is 23.2 Å². The second-order valence-corrected chi connectivity index (χ2v) is 14.4. The first-order valence-corrected chi connectivity index (χ1v) is 16.9. The Labute approximate surface area is 275 Å². The number of carbonyl (C=O) groups is 4. The van der Waals surface area contributed by atoms with E-state index in [1.807, 2.05) is 30.3 Å². The number of halogens is 1. The highest BCUT2D eigenvalue weighted by atomic mass is 19.1. The van der Waals surface area contributed by atoms with Crippen molar-refractivity contribution in [2.75, 3.05) is 4.90 Å². The number of rotatable bonds is 7. The third-order valence-electron chi connectivity index (χ3n) is 11.0. The third kappa shape index (κ3) is 6.34. The zero-order valence-corrected chi connectivity index (χ0v) is 26.8. The van der Waals surface area contributed by atoms with Crippen molar-refractivity contribution in [1.29, 1.82) is 0 Å². The van der Waals surface area contributed by atoms with Crippen molar-refractivity contribution < 1.29 is 28.3 Å². The first-order chi connectivity index (χ1) is 22.7. The molecule has 0 radical (unpaired) electrons. The summed E-state index contributed by atoms with van der Waals surface area (Å²) in [6, 6.07) is 19.8. The van der Waals surface area contributed by atoms with Gasteiger partial charge in [0.2, 0.25) is 11.8 Å². The number of esters is 1. The number of anilines is 1. The maximum Gasteiger partial charge on any atom is 0.329 e. The van der Waals surface area contributed by atoms with Crippen LogP contribution in [0.25, 0.3) is 0 Å². The monoisotopic (exact) mass is 636 g/mol. The number of benzene rings is 3. The highest BCUT2D eigenvalue weighted by molar-refractivity contribution is 6.10. The third-order valence-corrected chi connectivity index (χ3v) is 11.0. The Kier molecular flexibility index (Phi) is 8.45. The lowest BCUT2D eigenvalue weighted by Gasteiger charge is -2.58. The van der Waals surface area contributed by atoms with Crippen LogP contribution >= 0.6 is 0 Å². The molecule has 0 unspecified atom stereocenters. The number of ether oxygens (including phenoxy) is 1. The van der Waals surface area contributed by atoms with Crippen LogP contribution in [0, 0.1) is 29.0 Å². The molecule has 244 valence electrons. The summed E-state index contributed by atoms with van der Waals surface area (Å²) in [5.41, 5.74) is 2.05. The molecule has 1 aliphatic heterocycles. The van der Waals surface area contributed by atoms with Crippen molar-refractivity contribution >= 4 is 29.3 Å². The Morgan fingerprint density at radius 2 is 1.45 bits per heavy atom.